The van der Waals surface area contributed by atoms with E-state index in [1.54, 1.807) is 7.05 Å². The third-order valence-corrected chi connectivity index (χ3v) is 4.57. The Morgan fingerprint density at radius 2 is 2.12 bits per heavy atom. The lowest BCUT2D eigenvalue weighted by molar-refractivity contribution is -0.145. The summed E-state index contributed by atoms with van der Waals surface area (Å²) in [5.74, 6) is 4.03. The minimum Gasteiger partial charge on any atom is -0.481 e. The Hall–Kier alpha value is -2.68. The average molecular weight is 357 g/mol. The summed E-state index contributed by atoms with van der Waals surface area (Å²) in [6, 6.07) is 7.90. The van der Waals surface area contributed by atoms with Crippen LogP contribution in [0.1, 0.15) is 12.5 Å². The molecule has 0 aromatic heterocycles. The number of guanidine groups is 1. The molecule has 0 radical (unpaired) electrons. The molecule has 1 N–H and O–H groups in total. The second-order valence-electron chi connectivity index (χ2n) is 6.37. The van der Waals surface area contributed by atoms with E-state index < -0.39 is 0 Å². The Balaban J connectivity index is 1.82. The lowest BCUT2D eigenvalue weighted by Gasteiger charge is -2.21. The van der Waals surface area contributed by atoms with Crippen molar-refractivity contribution < 1.29 is 14.3 Å². The number of nitrogens with one attached hydrogen (secondary N) is 1. The molecule has 0 aliphatic carbocycles. The number of methoxy groups -OCH3 is 1. The first-order valence-electron chi connectivity index (χ1n) is 8.77. The minimum absolute atomic E-state index is 0.103. The first-order valence-corrected chi connectivity index (χ1v) is 8.77. The van der Waals surface area contributed by atoms with Gasteiger partial charge in [-0.25, -0.2) is 0 Å². The highest BCUT2D eigenvalue weighted by Gasteiger charge is 2.36. The lowest BCUT2D eigenvalue weighted by Crippen LogP contribution is -2.41. The average Bonchev–Trinajstić information content (AvgIpc) is 3.05. The predicted octanol–water partition coefficient (Wildman–Crippen LogP) is 1.56. The Kier molecular flexibility index (Phi) is 7.34. The fourth-order valence-electron chi connectivity index (χ4n) is 3.13. The monoisotopic (exact) mass is 357 g/mol. The number of ether oxygens (including phenoxy) is 2. The molecule has 2 atom stereocenters. The Labute approximate surface area is 155 Å². The van der Waals surface area contributed by atoms with E-state index in [2.05, 4.69) is 28.1 Å². The number of carbonyl (C=O) groups excluding carboxylic acids is 1. The van der Waals surface area contributed by atoms with Gasteiger partial charge >= 0.3 is 5.97 Å². The SMILES string of the molecule is C#CCOc1ccc(CCNC(=NC)N2CC(C)C(C(=O)OC)C2)cc1. The summed E-state index contributed by atoms with van der Waals surface area (Å²) >= 11 is 0. The molecular weight excluding hydrogens is 330 g/mol. The quantitative estimate of drug-likeness (QED) is 0.362. The van der Waals surface area contributed by atoms with Gasteiger partial charge in [0.25, 0.3) is 0 Å². The molecule has 2 rings (SSSR count). The summed E-state index contributed by atoms with van der Waals surface area (Å²) in [6.07, 6.45) is 6.04. The van der Waals surface area contributed by atoms with Crippen molar-refractivity contribution in [3.8, 4) is 18.1 Å². The van der Waals surface area contributed by atoms with Crippen LogP contribution in [0, 0.1) is 24.2 Å². The molecule has 0 bridgehead atoms. The van der Waals surface area contributed by atoms with Gasteiger partial charge in [0.1, 0.15) is 12.4 Å². The number of nitrogens with zero attached hydrogens (tertiary/aromatic N) is 2. The number of likely N-dealkylation sites (tertiary alicyclic amines) is 1. The third-order valence-electron chi connectivity index (χ3n) is 4.57. The van der Waals surface area contributed by atoms with Gasteiger partial charge in [-0.15, -0.1) is 6.42 Å². The van der Waals surface area contributed by atoms with Crippen LogP contribution in [0.15, 0.2) is 29.3 Å². The fraction of sp³-hybridized carbons (Fsp3) is 0.500. The molecule has 1 aromatic carbocycles. The Bertz CT molecular complexity index is 664. The number of benzene rings is 1. The van der Waals surface area contributed by atoms with Gasteiger partial charge in [0.15, 0.2) is 5.96 Å². The van der Waals surface area contributed by atoms with Gasteiger partial charge in [-0.3, -0.25) is 9.79 Å². The summed E-state index contributed by atoms with van der Waals surface area (Å²) in [7, 11) is 3.20. The van der Waals surface area contributed by atoms with Crippen LogP contribution >= 0.6 is 0 Å². The molecule has 6 heteroatoms. The summed E-state index contributed by atoms with van der Waals surface area (Å²) < 4.78 is 10.3. The third kappa shape index (κ3) is 5.16. The van der Waals surface area contributed by atoms with Gasteiger partial charge in [0.05, 0.1) is 13.0 Å². The largest absolute Gasteiger partial charge is 0.481 e. The second-order valence-corrected chi connectivity index (χ2v) is 6.37. The highest BCUT2D eigenvalue weighted by atomic mass is 16.5. The molecular formula is C20H27N3O3. The molecule has 1 aliphatic heterocycles. The van der Waals surface area contributed by atoms with Gasteiger partial charge in [-0.1, -0.05) is 25.0 Å². The van der Waals surface area contributed by atoms with Crippen molar-refractivity contribution in [2.24, 2.45) is 16.8 Å². The van der Waals surface area contributed by atoms with Crippen LogP contribution in [0.2, 0.25) is 0 Å². The molecule has 6 nitrogen and oxygen atoms in total. The fourth-order valence-corrected chi connectivity index (χ4v) is 3.13. The molecule has 2 unspecified atom stereocenters. The van der Waals surface area contributed by atoms with Gasteiger partial charge in [0.2, 0.25) is 0 Å². The molecule has 1 fully saturated rings. The van der Waals surface area contributed by atoms with Crippen LogP contribution in [0.5, 0.6) is 5.75 Å². The van der Waals surface area contributed by atoms with Crippen molar-refractivity contribution in [3.63, 3.8) is 0 Å². The molecule has 26 heavy (non-hydrogen) atoms. The molecule has 140 valence electrons. The molecule has 1 saturated heterocycles. The normalized spacial score (nSPS) is 19.8. The number of carbonyl (C=O) groups is 1. The smallest absolute Gasteiger partial charge is 0.310 e. The first-order chi connectivity index (χ1) is 12.6. The summed E-state index contributed by atoms with van der Waals surface area (Å²) in [5, 5.41) is 3.37. The number of terminal acetylenes is 1. The molecule has 1 aliphatic rings. The Morgan fingerprint density at radius 1 is 1.38 bits per heavy atom. The summed E-state index contributed by atoms with van der Waals surface area (Å²) in [6.45, 7) is 4.52. The van der Waals surface area contributed by atoms with Crippen LogP contribution < -0.4 is 10.1 Å². The highest BCUT2D eigenvalue weighted by molar-refractivity contribution is 5.82. The molecule has 1 aromatic rings. The van der Waals surface area contributed by atoms with Crippen molar-refractivity contribution >= 4 is 11.9 Å². The van der Waals surface area contributed by atoms with Crippen molar-refractivity contribution in [2.45, 2.75) is 13.3 Å². The zero-order valence-corrected chi connectivity index (χ0v) is 15.7. The molecule has 0 spiro atoms. The van der Waals surface area contributed by atoms with Gasteiger partial charge in [-0.05, 0) is 30.0 Å². The van der Waals surface area contributed by atoms with E-state index in [0.717, 1.165) is 31.2 Å². The minimum atomic E-state index is -0.150. The van der Waals surface area contributed by atoms with Crippen molar-refractivity contribution in [1.82, 2.24) is 10.2 Å². The van der Waals surface area contributed by atoms with Crippen LogP contribution in [-0.2, 0) is 16.0 Å². The van der Waals surface area contributed by atoms with Crippen LogP contribution in [0.25, 0.3) is 0 Å². The molecule has 0 amide bonds. The topological polar surface area (TPSA) is 63.2 Å². The van der Waals surface area contributed by atoms with Crippen LogP contribution in [0.4, 0.5) is 0 Å². The summed E-state index contributed by atoms with van der Waals surface area (Å²) in [4.78, 5) is 18.3. The number of aliphatic imine (C=N–C) groups is 1. The summed E-state index contributed by atoms with van der Waals surface area (Å²) in [5.41, 5.74) is 1.20. The zero-order valence-electron chi connectivity index (χ0n) is 15.7. The Morgan fingerprint density at radius 3 is 2.73 bits per heavy atom. The second kappa shape index (κ2) is 9.71. The number of hydrogen-bond donors (Lipinski definition) is 1. The van der Waals surface area contributed by atoms with Crippen molar-refractivity contribution in [1.29, 1.82) is 0 Å². The number of rotatable bonds is 6. The maximum atomic E-state index is 11.8. The number of hydrogen-bond acceptors (Lipinski definition) is 4. The highest BCUT2D eigenvalue weighted by Crippen LogP contribution is 2.24. The van der Waals surface area contributed by atoms with Crippen LogP contribution in [0.3, 0.4) is 0 Å². The molecule has 1 heterocycles. The van der Waals surface area contributed by atoms with E-state index in [0.29, 0.717) is 6.54 Å². The maximum Gasteiger partial charge on any atom is 0.310 e. The van der Waals surface area contributed by atoms with E-state index in [-0.39, 0.29) is 24.4 Å². The first kappa shape index (κ1) is 19.6. The predicted molar refractivity (Wildman–Crippen MR) is 102 cm³/mol. The van der Waals surface area contributed by atoms with Crippen LogP contribution in [-0.4, -0.2) is 57.2 Å². The van der Waals surface area contributed by atoms with Gasteiger partial charge in [-0.2, -0.15) is 0 Å². The number of esters is 1. The molecule has 0 saturated carbocycles. The van der Waals surface area contributed by atoms with Gasteiger partial charge in [0, 0.05) is 26.7 Å². The lowest BCUT2D eigenvalue weighted by atomic mass is 9.99. The zero-order chi connectivity index (χ0) is 18.9. The van der Waals surface area contributed by atoms with Gasteiger partial charge < -0.3 is 19.7 Å². The maximum absolute atomic E-state index is 11.8. The van der Waals surface area contributed by atoms with E-state index >= 15 is 0 Å². The van der Waals surface area contributed by atoms with Crippen molar-refractivity contribution in [2.75, 3.05) is 40.4 Å². The van der Waals surface area contributed by atoms with E-state index in [1.807, 2.05) is 24.3 Å². The van der Waals surface area contributed by atoms with E-state index in [9.17, 15) is 4.79 Å². The van der Waals surface area contributed by atoms with E-state index in [1.165, 1.54) is 12.7 Å². The van der Waals surface area contributed by atoms with E-state index in [4.69, 9.17) is 15.9 Å². The van der Waals surface area contributed by atoms with Crippen molar-refractivity contribution in [3.05, 3.63) is 29.8 Å². The standard InChI is InChI=1S/C20H27N3O3/c1-5-12-26-17-8-6-16(7-9-17)10-11-22-20(21-3)23-13-15(2)18(14-23)19(24)25-4/h1,6-9,15,18H,10-14H2,2-4H3,(H,21,22).